The molecule has 3 N–H and O–H groups in total. The second-order valence-electron chi connectivity index (χ2n) is 3.76. The second-order valence-corrected chi connectivity index (χ2v) is 4.17. The molecular weight excluding hydrogens is 266 g/mol. The summed E-state index contributed by atoms with van der Waals surface area (Å²) >= 11 is 5.97. The number of anilines is 3. The monoisotopic (exact) mass is 277 g/mol. The third-order valence-electron chi connectivity index (χ3n) is 2.46. The Morgan fingerprint density at radius 1 is 1.42 bits per heavy atom. The average molecular weight is 278 g/mol. The minimum absolute atomic E-state index is 0.0794. The molecule has 5 nitrogen and oxygen atoms in total. The Morgan fingerprint density at radius 2 is 2.16 bits per heavy atom. The zero-order chi connectivity index (χ0) is 13.8. The topological polar surface area (TPSA) is 77.2 Å². The van der Waals surface area contributed by atoms with Crippen molar-refractivity contribution in [2.24, 2.45) is 0 Å². The Morgan fingerprint density at radius 3 is 2.79 bits per heavy atom. The van der Waals surface area contributed by atoms with Gasteiger partial charge in [-0.2, -0.15) is 0 Å². The zero-order valence-corrected chi connectivity index (χ0v) is 10.9. The molecule has 0 amide bonds. The summed E-state index contributed by atoms with van der Waals surface area (Å²) in [7, 11) is 1.27. The van der Waals surface area contributed by atoms with E-state index in [-0.39, 0.29) is 10.7 Å². The van der Waals surface area contributed by atoms with Crippen LogP contribution in [0.15, 0.2) is 36.5 Å². The molecule has 1 heterocycles. The number of carbonyl (C=O) groups excluding carboxylic acids is 1. The van der Waals surface area contributed by atoms with Gasteiger partial charge < -0.3 is 15.8 Å². The number of hydrogen-bond donors (Lipinski definition) is 2. The van der Waals surface area contributed by atoms with Gasteiger partial charge in [0.05, 0.1) is 35.4 Å². The van der Waals surface area contributed by atoms with Gasteiger partial charge in [0.1, 0.15) is 0 Å². The summed E-state index contributed by atoms with van der Waals surface area (Å²) in [6, 6.07) is 8.90. The van der Waals surface area contributed by atoms with Crippen LogP contribution in [0.3, 0.4) is 0 Å². The van der Waals surface area contributed by atoms with E-state index in [0.717, 1.165) is 5.69 Å². The van der Waals surface area contributed by atoms with Crippen molar-refractivity contribution in [3.8, 4) is 0 Å². The van der Waals surface area contributed by atoms with Crippen LogP contribution >= 0.6 is 11.6 Å². The zero-order valence-electron chi connectivity index (χ0n) is 10.2. The van der Waals surface area contributed by atoms with Crippen LogP contribution in [-0.2, 0) is 4.74 Å². The van der Waals surface area contributed by atoms with Gasteiger partial charge >= 0.3 is 5.97 Å². The van der Waals surface area contributed by atoms with Crippen molar-refractivity contribution in [1.29, 1.82) is 0 Å². The van der Waals surface area contributed by atoms with Gasteiger partial charge in [0.15, 0.2) is 5.69 Å². The van der Waals surface area contributed by atoms with Gasteiger partial charge in [0.2, 0.25) is 0 Å². The smallest absolute Gasteiger partial charge is 0.358 e. The van der Waals surface area contributed by atoms with E-state index >= 15 is 0 Å². The van der Waals surface area contributed by atoms with E-state index in [0.29, 0.717) is 11.4 Å². The van der Waals surface area contributed by atoms with E-state index in [1.54, 1.807) is 12.1 Å². The first kappa shape index (κ1) is 13.2. The number of carbonyl (C=O) groups is 1. The van der Waals surface area contributed by atoms with Crippen LogP contribution in [0, 0.1) is 0 Å². The highest BCUT2D eigenvalue weighted by Crippen LogP contribution is 2.25. The van der Waals surface area contributed by atoms with Crippen molar-refractivity contribution in [2.75, 3.05) is 18.2 Å². The maximum absolute atomic E-state index is 11.3. The van der Waals surface area contributed by atoms with Gasteiger partial charge in [-0.25, -0.2) is 9.78 Å². The maximum Gasteiger partial charge on any atom is 0.358 e. The standard InChI is InChI=1S/C13H12ClN3O2/c1-19-13(18)12-9(14)6-8(7-16-12)17-11-5-3-2-4-10(11)15/h2-7,17H,15H2,1H3. The fraction of sp³-hybridized carbons (Fsp3) is 0.0769. The molecule has 0 bridgehead atoms. The van der Waals surface area contributed by atoms with E-state index in [1.165, 1.54) is 13.3 Å². The van der Waals surface area contributed by atoms with Crippen LogP contribution < -0.4 is 11.1 Å². The number of nitrogens with one attached hydrogen (secondary N) is 1. The number of nitrogens with two attached hydrogens (primary N) is 1. The number of halogens is 1. The van der Waals surface area contributed by atoms with Crippen molar-refractivity contribution in [3.05, 3.63) is 47.2 Å². The first-order chi connectivity index (χ1) is 9.11. The van der Waals surface area contributed by atoms with Crippen molar-refractivity contribution in [1.82, 2.24) is 4.98 Å². The number of para-hydroxylation sites is 2. The Labute approximate surface area is 115 Å². The molecule has 0 aliphatic carbocycles. The number of pyridine rings is 1. The third kappa shape index (κ3) is 2.95. The van der Waals surface area contributed by atoms with Crippen molar-refractivity contribution in [3.63, 3.8) is 0 Å². The SMILES string of the molecule is COC(=O)c1ncc(Nc2ccccc2N)cc1Cl. The predicted molar refractivity (Wildman–Crippen MR) is 74.7 cm³/mol. The van der Waals surface area contributed by atoms with E-state index in [9.17, 15) is 4.79 Å². The van der Waals surface area contributed by atoms with Crippen LogP contribution in [0.2, 0.25) is 5.02 Å². The number of nitrogens with zero attached hydrogens (tertiary/aromatic N) is 1. The Balaban J connectivity index is 2.26. The highest BCUT2D eigenvalue weighted by molar-refractivity contribution is 6.33. The lowest BCUT2D eigenvalue weighted by molar-refractivity contribution is 0.0594. The number of nitrogen functional groups attached to an aromatic ring is 1. The molecule has 0 fully saturated rings. The number of ether oxygens (including phenoxy) is 1. The molecule has 0 atom stereocenters. The Kier molecular flexibility index (Phi) is 3.87. The van der Waals surface area contributed by atoms with Crippen LogP contribution in [0.5, 0.6) is 0 Å². The fourth-order valence-electron chi connectivity index (χ4n) is 1.52. The van der Waals surface area contributed by atoms with Crippen molar-refractivity contribution < 1.29 is 9.53 Å². The van der Waals surface area contributed by atoms with Crippen LogP contribution in [0.4, 0.5) is 17.1 Å². The number of aromatic nitrogens is 1. The van der Waals surface area contributed by atoms with Gasteiger partial charge in [-0.1, -0.05) is 23.7 Å². The molecule has 6 heteroatoms. The van der Waals surface area contributed by atoms with Crippen LogP contribution in [-0.4, -0.2) is 18.1 Å². The minimum Gasteiger partial charge on any atom is -0.464 e. The van der Waals surface area contributed by atoms with Gasteiger partial charge in [0.25, 0.3) is 0 Å². The number of hydrogen-bond acceptors (Lipinski definition) is 5. The quantitative estimate of drug-likeness (QED) is 0.666. The normalized spacial score (nSPS) is 10.0. The summed E-state index contributed by atoms with van der Waals surface area (Å²) < 4.78 is 4.57. The van der Waals surface area contributed by atoms with Gasteiger partial charge in [-0.3, -0.25) is 0 Å². The first-order valence-electron chi connectivity index (χ1n) is 5.47. The van der Waals surface area contributed by atoms with Crippen molar-refractivity contribution >= 4 is 34.6 Å². The third-order valence-corrected chi connectivity index (χ3v) is 2.75. The molecule has 2 aromatic rings. The highest BCUT2D eigenvalue weighted by Gasteiger charge is 2.13. The molecule has 19 heavy (non-hydrogen) atoms. The molecule has 0 unspecified atom stereocenters. The van der Waals surface area contributed by atoms with Gasteiger partial charge in [0, 0.05) is 0 Å². The second kappa shape index (κ2) is 5.58. The molecule has 0 aliphatic heterocycles. The molecule has 0 aliphatic rings. The van der Waals surface area contributed by atoms with E-state index < -0.39 is 5.97 Å². The minimum atomic E-state index is -0.573. The highest BCUT2D eigenvalue weighted by atomic mass is 35.5. The molecule has 0 saturated heterocycles. The van der Waals surface area contributed by atoms with E-state index in [4.69, 9.17) is 17.3 Å². The lowest BCUT2D eigenvalue weighted by Crippen LogP contribution is -2.05. The summed E-state index contributed by atoms with van der Waals surface area (Å²) in [5, 5.41) is 3.29. The molecule has 0 spiro atoms. The Bertz CT molecular complexity index is 617. The predicted octanol–water partition coefficient (Wildman–Crippen LogP) is 2.85. The van der Waals surface area contributed by atoms with Crippen LogP contribution in [0.25, 0.3) is 0 Å². The van der Waals surface area contributed by atoms with Gasteiger partial charge in [-0.05, 0) is 18.2 Å². The first-order valence-corrected chi connectivity index (χ1v) is 5.85. The molecule has 1 aromatic carbocycles. The molecule has 2 rings (SSSR count). The number of rotatable bonds is 3. The van der Waals surface area contributed by atoms with Gasteiger partial charge in [-0.15, -0.1) is 0 Å². The fourth-order valence-corrected chi connectivity index (χ4v) is 1.76. The molecule has 1 aromatic heterocycles. The summed E-state index contributed by atoms with van der Waals surface area (Å²) in [5.74, 6) is -0.573. The molecule has 98 valence electrons. The number of methoxy groups -OCH3 is 1. The molecule has 0 radical (unpaired) electrons. The summed E-state index contributed by atoms with van der Waals surface area (Å²) in [6.07, 6.45) is 1.49. The van der Waals surface area contributed by atoms with Crippen LogP contribution in [0.1, 0.15) is 10.5 Å². The summed E-state index contributed by atoms with van der Waals surface area (Å²) in [6.45, 7) is 0. The molecular formula is C13H12ClN3O2. The number of esters is 1. The summed E-state index contributed by atoms with van der Waals surface area (Å²) in [5.41, 5.74) is 7.88. The lowest BCUT2D eigenvalue weighted by atomic mass is 10.2. The molecule has 0 saturated carbocycles. The average Bonchev–Trinajstić information content (AvgIpc) is 2.41. The van der Waals surface area contributed by atoms with E-state index in [1.807, 2.05) is 18.2 Å². The summed E-state index contributed by atoms with van der Waals surface area (Å²) in [4.78, 5) is 15.3. The Hall–Kier alpha value is -2.27. The lowest BCUT2D eigenvalue weighted by Gasteiger charge is -2.10. The largest absolute Gasteiger partial charge is 0.464 e. The van der Waals surface area contributed by atoms with Crippen molar-refractivity contribution in [2.45, 2.75) is 0 Å². The number of benzene rings is 1. The maximum atomic E-state index is 11.3. The van der Waals surface area contributed by atoms with E-state index in [2.05, 4.69) is 15.0 Å².